The molecule has 0 aliphatic heterocycles. The number of ether oxygens (including phenoxy) is 1. The van der Waals surface area contributed by atoms with Crippen molar-refractivity contribution in [2.45, 2.75) is 18.2 Å². The Morgan fingerprint density at radius 1 is 1.37 bits per heavy atom. The maximum atomic E-state index is 11.9. The monoisotopic (exact) mass is 295 g/mol. The van der Waals surface area contributed by atoms with Gasteiger partial charge in [-0.15, -0.1) is 13.2 Å². The minimum absolute atomic E-state index is 0.232. The summed E-state index contributed by atoms with van der Waals surface area (Å²) in [7, 11) is 0. The standard InChI is InChI=1S/C11H12F3NO3S/c12-11(13,14)18-8-3-1-7(2-4-8)5-19-6-9(15)10(16)17/h1-4,9H,5-6,15H2,(H,16,17). The SMILES string of the molecule is NC(CSCc1ccc(OC(F)(F)F)cc1)C(=O)O. The highest BCUT2D eigenvalue weighted by Crippen LogP contribution is 2.23. The Balaban J connectivity index is 2.42. The zero-order chi connectivity index (χ0) is 14.5. The Kier molecular flexibility index (Phi) is 5.49. The summed E-state index contributed by atoms with van der Waals surface area (Å²) in [5, 5.41) is 8.56. The highest BCUT2D eigenvalue weighted by Gasteiger charge is 2.30. The van der Waals surface area contributed by atoms with Crippen LogP contribution in [0.2, 0.25) is 0 Å². The number of alkyl halides is 3. The van der Waals surface area contributed by atoms with Crippen molar-refractivity contribution >= 4 is 17.7 Å². The molecule has 8 heteroatoms. The highest BCUT2D eigenvalue weighted by molar-refractivity contribution is 7.98. The molecule has 19 heavy (non-hydrogen) atoms. The van der Waals surface area contributed by atoms with E-state index in [0.717, 1.165) is 5.56 Å². The largest absolute Gasteiger partial charge is 0.573 e. The Labute approximate surface area is 111 Å². The molecule has 0 aromatic heterocycles. The average molecular weight is 295 g/mol. The van der Waals surface area contributed by atoms with Gasteiger partial charge in [-0.2, -0.15) is 11.8 Å². The number of nitrogens with two attached hydrogens (primary N) is 1. The molecule has 0 saturated carbocycles. The van der Waals surface area contributed by atoms with Gasteiger partial charge in [-0.05, 0) is 17.7 Å². The van der Waals surface area contributed by atoms with Gasteiger partial charge in [0.2, 0.25) is 0 Å². The van der Waals surface area contributed by atoms with Crippen molar-refractivity contribution in [1.29, 1.82) is 0 Å². The molecule has 4 nitrogen and oxygen atoms in total. The van der Waals surface area contributed by atoms with Crippen LogP contribution in [0.15, 0.2) is 24.3 Å². The number of carbonyl (C=O) groups is 1. The molecule has 3 N–H and O–H groups in total. The molecule has 1 rings (SSSR count). The molecule has 1 unspecified atom stereocenters. The van der Waals surface area contributed by atoms with E-state index in [4.69, 9.17) is 10.8 Å². The lowest BCUT2D eigenvalue weighted by molar-refractivity contribution is -0.274. The predicted octanol–water partition coefficient (Wildman–Crippen LogP) is 2.23. The molecular weight excluding hydrogens is 283 g/mol. The first kappa shape index (κ1) is 15.6. The quantitative estimate of drug-likeness (QED) is 0.842. The Hall–Kier alpha value is -1.41. The number of carboxylic acid groups (broad SMARTS) is 1. The lowest BCUT2D eigenvalue weighted by Crippen LogP contribution is -2.32. The third-order valence-electron chi connectivity index (χ3n) is 2.04. The van der Waals surface area contributed by atoms with Gasteiger partial charge in [-0.3, -0.25) is 4.79 Å². The Bertz CT molecular complexity index is 422. The van der Waals surface area contributed by atoms with Crippen molar-refractivity contribution in [3.63, 3.8) is 0 Å². The van der Waals surface area contributed by atoms with Gasteiger partial charge in [-0.1, -0.05) is 12.1 Å². The zero-order valence-electron chi connectivity index (χ0n) is 9.68. The minimum atomic E-state index is -4.70. The molecule has 0 radical (unpaired) electrons. The van der Waals surface area contributed by atoms with E-state index in [1.165, 1.54) is 36.0 Å². The first-order valence-electron chi connectivity index (χ1n) is 5.19. The van der Waals surface area contributed by atoms with Crippen molar-refractivity contribution in [3.05, 3.63) is 29.8 Å². The van der Waals surface area contributed by atoms with Crippen LogP contribution in [-0.4, -0.2) is 29.2 Å². The molecule has 0 aliphatic rings. The van der Waals surface area contributed by atoms with Crippen LogP contribution < -0.4 is 10.5 Å². The number of halogens is 3. The van der Waals surface area contributed by atoms with E-state index in [2.05, 4.69) is 4.74 Å². The van der Waals surface area contributed by atoms with Gasteiger partial charge in [0.15, 0.2) is 0 Å². The zero-order valence-corrected chi connectivity index (χ0v) is 10.5. The van der Waals surface area contributed by atoms with Crippen molar-refractivity contribution < 1.29 is 27.8 Å². The summed E-state index contributed by atoms with van der Waals surface area (Å²) in [6.07, 6.45) is -4.70. The molecule has 1 atom stereocenters. The number of hydrogen-bond acceptors (Lipinski definition) is 4. The molecule has 0 spiro atoms. The fraction of sp³-hybridized carbons (Fsp3) is 0.364. The van der Waals surface area contributed by atoms with Crippen LogP contribution >= 0.6 is 11.8 Å². The van der Waals surface area contributed by atoms with Crippen LogP contribution in [0.4, 0.5) is 13.2 Å². The number of benzene rings is 1. The molecule has 0 fully saturated rings. The summed E-state index contributed by atoms with van der Waals surface area (Å²) in [6, 6.07) is 4.44. The van der Waals surface area contributed by atoms with E-state index in [9.17, 15) is 18.0 Å². The van der Waals surface area contributed by atoms with Crippen molar-refractivity contribution in [2.75, 3.05) is 5.75 Å². The minimum Gasteiger partial charge on any atom is -0.480 e. The van der Waals surface area contributed by atoms with Crippen LogP contribution in [0.1, 0.15) is 5.56 Å². The average Bonchev–Trinajstić information content (AvgIpc) is 2.29. The van der Waals surface area contributed by atoms with Crippen LogP contribution in [-0.2, 0) is 10.5 Å². The lowest BCUT2D eigenvalue weighted by atomic mass is 10.2. The lowest BCUT2D eigenvalue weighted by Gasteiger charge is -2.09. The summed E-state index contributed by atoms with van der Waals surface area (Å²) in [4.78, 5) is 10.5. The Morgan fingerprint density at radius 3 is 2.42 bits per heavy atom. The molecule has 0 bridgehead atoms. The first-order chi connectivity index (χ1) is 8.78. The van der Waals surface area contributed by atoms with Gasteiger partial charge >= 0.3 is 12.3 Å². The van der Waals surface area contributed by atoms with E-state index in [1.807, 2.05) is 0 Å². The maximum Gasteiger partial charge on any atom is 0.573 e. The van der Waals surface area contributed by atoms with Gasteiger partial charge in [0.25, 0.3) is 0 Å². The van der Waals surface area contributed by atoms with Crippen molar-refractivity contribution in [1.82, 2.24) is 0 Å². The predicted molar refractivity (Wildman–Crippen MR) is 64.9 cm³/mol. The second-order valence-electron chi connectivity index (χ2n) is 3.65. The number of thioether (sulfide) groups is 1. The van der Waals surface area contributed by atoms with Crippen LogP contribution in [0.25, 0.3) is 0 Å². The second-order valence-corrected chi connectivity index (χ2v) is 4.68. The summed E-state index contributed by atoms with van der Waals surface area (Å²) in [5.41, 5.74) is 6.07. The summed E-state index contributed by atoms with van der Waals surface area (Å²) in [6.45, 7) is 0. The topological polar surface area (TPSA) is 72.5 Å². The van der Waals surface area contributed by atoms with Crippen LogP contribution in [0, 0.1) is 0 Å². The molecule has 0 aliphatic carbocycles. The van der Waals surface area contributed by atoms with Crippen LogP contribution in [0.3, 0.4) is 0 Å². The molecule has 1 aromatic carbocycles. The fourth-order valence-corrected chi connectivity index (χ4v) is 2.10. The fourth-order valence-electron chi connectivity index (χ4n) is 1.16. The summed E-state index contributed by atoms with van der Waals surface area (Å²) < 4.78 is 39.5. The third-order valence-corrected chi connectivity index (χ3v) is 3.17. The first-order valence-corrected chi connectivity index (χ1v) is 6.34. The maximum absolute atomic E-state index is 11.9. The van der Waals surface area contributed by atoms with Crippen molar-refractivity contribution in [2.24, 2.45) is 5.73 Å². The van der Waals surface area contributed by atoms with Gasteiger partial charge in [0.05, 0.1) is 0 Å². The number of rotatable bonds is 6. The van der Waals surface area contributed by atoms with Gasteiger partial charge in [-0.25, -0.2) is 0 Å². The smallest absolute Gasteiger partial charge is 0.480 e. The van der Waals surface area contributed by atoms with Crippen molar-refractivity contribution in [3.8, 4) is 5.75 Å². The molecule has 0 amide bonds. The Morgan fingerprint density at radius 2 is 1.95 bits per heavy atom. The molecule has 106 valence electrons. The number of hydrogen-bond donors (Lipinski definition) is 2. The van der Waals surface area contributed by atoms with Gasteiger partial charge in [0.1, 0.15) is 11.8 Å². The molecule has 0 heterocycles. The molecule has 1 aromatic rings. The second kappa shape index (κ2) is 6.67. The van der Waals surface area contributed by atoms with E-state index in [-0.39, 0.29) is 11.5 Å². The normalized spacial score (nSPS) is 13.1. The van der Waals surface area contributed by atoms with E-state index >= 15 is 0 Å². The van der Waals surface area contributed by atoms with Gasteiger partial charge < -0.3 is 15.6 Å². The van der Waals surface area contributed by atoms with Crippen LogP contribution in [0.5, 0.6) is 5.75 Å². The summed E-state index contributed by atoms with van der Waals surface area (Å²) in [5.74, 6) is -0.673. The van der Waals surface area contributed by atoms with E-state index in [1.54, 1.807) is 0 Å². The molecule has 0 saturated heterocycles. The molecular formula is C11H12F3NO3S. The number of aliphatic carboxylic acids is 1. The van der Waals surface area contributed by atoms with Gasteiger partial charge in [0, 0.05) is 11.5 Å². The third kappa shape index (κ3) is 6.35. The van der Waals surface area contributed by atoms with E-state index in [0.29, 0.717) is 5.75 Å². The number of carboxylic acids is 1. The summed E-state index contributed by atoms with van der Waals surface area (Å²) >= 11 is 1.29. The highest BCUT2D eigenvalue weighted by atomic mass is 32.2. The van der Waals surface area contributed by atoms with E-state index < -0.39 is 18.4 Å².